The zero-order valence-corrected chi connectivity index (χ0v) is 9.80. The Morgan fingerprint density at radius 1 is 1.11 bits per heavy atom. The first-order valence-electron chi connectivity index (χ1n) is 5.44. The van der Waals surface area contributed by atoms with Crippen LogP contribution in [0.2, 0.25) is 0 Å². The van der Waals surface area contributed by atoms with Crippen molar-refractivity contribution in [3.05, 3.63) is 37.1 Å². The fourth-order valence-corrected chi connectivity index (χ4v) is 1.60. The van der Waals surface area contributed by atoms with E-state index in [-0.39, 0.29) is 0 Å². The van der Waals surface area contributed by atoms with Gasteiger partial charge in [-0.2, -0.15) is 15.1 Å². The Balaban J connectivity index is 2.02. The number of nitrogens with two attached hydrogens (primary N) is 2. The van der Waals surface area contributed by atoms with Gasteiger partial charge in [0.25, 0.3) is 5.95 Å². The Bertz CT molecular complexity index is 685. The fourth-order valence-electron chi connectivity index (χ4n) is 1.60. The number of anilines is 2. The van der Waals surface area contributed by atoms with E-state index in [4.69, 9.17) is 11.5 Å². The van der Waals surface area contributed by atoms with Gasteiger partial charge in [0.1, 0.15) is 18.0 Å². The van der Waals surface area contributed by atoms with Crippen LogP contribution in [0.25, 0.3) is 17.2 Å². The molecule has 0 aliphatic heterocycles. The molecule has 0 unspecified atom stereocenters. The molecule has 0 atom stereocenters. The lowest BCUT2D eigenvalue weighted by Crippen LogP contribution is -2.06. The highest BCUT2D eigenvalue weighted by Gasteiger charge is 2.07. The van der Waals surface area contributed by atoms with Crippen LogP contribution in [0, 0.1) is 0 Å². The molecule has 0 aliphatic carbocycles. The molecule has 0 radical (unpaired) electrons. The van der Waals surface area contributed by atoms with E-state index in [1.807, 2.05) is 0 Å². The molecule has 8 nitrogen and oxygen atoms in total. The summed E-state index contributed by atoms with van der Waals surface area (Å²) in [5.41, 5.74) is 12.8. The summed E-state index contributed by atoms with van der Waals surface area (Å²) >= 11 is 0. The molecule has 0 fully saturated rings. The molecule has 0 spiro atoms. The van der Waals surface area contributed by atoms with Gasteiger partial charge in [-0.15, -0.1) is 0 Å². The third-order valence-electron chi connectivity index (χ3n) is 2.42. The number of hydrogen-bond acceptors (Lipinski definition) is 7. The van der Waals surface area contributed by atoms with Gasteiger partial charge in [0.2, 0.25) is 0 Å². The van der Waals surface area contributed by atoms with E-state index in [2.05, 4.69) is 25.0 Å². The molecule has 94 valence electrons. The SMILES string of the molecule is Nc1cc(N)nc(-n2cc(-c3ccncn3)cn2)n1. The normalized spacial score (nSPS) is 10.5. The topological polar surface area (TPSA) is 121 Å². The second kappa shape index (κ2) is 4.33. The van der Waals surface area contributed by atoms with Crippen molar-refractivity contribution in [2.45, 2.75) is 0 Å². The monoisotopic (exact) mass is 254 g/mol. The van der Waals surface area contributed by atoms with Crippen LogP contribution < -0.4 is 11.5 Å². The predicted octanol–water partition coefficient (Wildman–Crippen LogP) is 0.284. The van der Waals surface area contributed by atoms with Crippen LogP contribution in [-0.2, 0) is 0 Å². The summed E-state index contributed by atoms with van der Waals surface area (Å²) in [6.45, 7) is 0. The first-order valence-corrected chi connectivity index (χ1v) is 5.44. The minimum absolute atomic E-state index is 0.293. The first-order chi connectivity index (χ1) is 9.22. The Kier molecular flexibility index (Phi) is 2.53. The highest BCUT2D eigenvalue weighted by atomic mass is 15.3. The van der Waals surface area contributed by atoms with Gasteiger partial charge in [-0.25, -0.2) is 14.6 Å². The number of nitrogens with zero attached hydrogens (tertiary/aromatic N) is 6. The van der Waals surface area contributed by atoms with Crippen LogP contribution in [-0.4, -0.2) is 29.7 Å². The van der Waals surface area contributed by atoms with E-state index in [0.717, 1.165) is 11.3 Å². The van der Waals surface area contributed by atoms with Crippen LogP contribution in [0.3, 0.4) is 0 Å². The number of aromatic nitrogens is 6. The first kappa shape index (κ1) is 11.1. The van der Waals surface area contributed by atoms with Crippen LogP contribution in [0.5, 0.6) is 0 Å². The third kappa shape index (κ3) is 2.18. The molecule has 3 aromatic rings. The van der Waals surface area contributed by atoms with Crippen LogP contribution in [0.15, 0.2) is 37.1 Å². The Morgan fingerprint density at radius 2 is 1.89 bits per heavy atom. The van der Waals surface area contributed by atoms with Gasteiger partial charge in [0.05, 0.1) is 11.9 Å². The highest BCUT2D eigenvalue weighted by molar-refractivity contribution is 5.56. The average Bonchev–Trinajstić information content (AvgIpc) is 2.88. The summed E-state index contributed by atoms with van der Waals surface area (Å²) < 4.78 is 1.49. The summed E-state index contributed by atoms with van der Waals surface area (Å²) in [5, 5.41) is 4.17. The Labute approximate surface area is 108 Å². The molecule has 0 saturated heterocycles. The zero-order valence-electron chi connectivity index (χ0n) is 9.80. The highest BCUT2D eigenvalue weighted by Crippen LogP contribution is 2.16. The summed E-state index contributed by atoms with van der Waals surface area (Å²) in [6.07, 6.45) is 6.54. The van der Waals surface area contributed by atoms with Crippen LogP contribution >= 0.6 is 0 Å². The van der Waals surface area contributed by atoms with Crippen LogP contribution in [0.4, 0.5) is 11.6 Å². The molecule has 0 bridgehead atoms. The zero-order chi connectivity index (χ0) is 13.2. The van der Waals surface area contributed by atoms with E-state index in [1.165, 1.54) is 17.1 Å². The predicted molar refractivity (Wildman–Crippen MR) is 69.0 cm³/mol. The lowest BCUT2D eigenvalue weighted by molar-refractivity contribution is 0.813. The third-order valence-corrected chi connectivity index (χ3v) is 2.42. The fraction of sp³-hybridized carbons (Fsp3) is 0. The van der Waals surface area contributed by atoms with E-state index >= 15 is 0 Å². The molecule has 0 amide bonds. The minimum Gasteiger partial charge on any atom is -0.383 e. The van der Waals surface area contributed by atoms with Crippen LogP contribution in [0.1, 0.15) is 0 Å². The maximum absolute atomic E-state index is 5.62. The van der Waals surface area contributed by atoms with E-state index in [0.29, 0.717) is 17.6 Å². The lowest BCUT2D eigenvalue weighted by Gasteiger charge is -2.01. The van der Waals surface area contributed by atoms with Crippen molar-refractivity contribution >= 4 is 11.6 Å². The van der Waals surface area contributed by atoms with Crippen molar-refractivity contribution < 1.29 is 0 Å². The Hall–Kier alpha value is -3.03. The molecule has 0 aliphatic rings. The molecule has 3 rings (SSSR count). The largest absolute Gasteiger partial charge is 0.383 e. The molecular weight excluding hydrogens is 244 g/mol. The maximum atomic E-state index is 5.62. The second-order valence-corrected chi connectivity index (χ2v) is 3.79. The summed E-state index contributed by atoms with van der Waals surface area (Å²) in [5.74, 6) is 0.904. The van der Waals surface area contributed by atoms with E-state index < -0.39 is 0 Å². The average molecular weight is 254 g/mol. The van der Waals surface area contributed by atoms with Gasteiger partial charge in [-0.1, -0.05) is 0 Å². The standard InChI is InChI=1S/C11H10N8/c12-9-3-10(13)18-11(17-9)19-5-7(4-16-19)8-1-2-14-6-15-8/h1-6H,(H4,12,13,17,18). The molecule has 4 N–H and O–H groups in total. The van der Waals surface area contributed by atoms with Gasteiger partial charge < -0.3 is 11.5 Å². The van der Waals surface area contributed by atoms with Crippen molar-refractivity contribution in [3.8, 4) is 17.2 Å². The van der Waals surface area contributed by atoms with Crippen molar-refractivity contribution in [1.29, 1.82) is 0 Å². The maximum Gasteiger partial charge on any atom is 0.254 e. The van der Waals surface area contributed by atoms with Gasteiger partial charge in [0, 0.05) is 24.0 Å². The molecular formula is C11H10N8. The van der Waals surface area contributed by atoms with Crippen molar-refractivity contribution in [3.63, 3.8) is 0 Å². The Morgan fingerprint density at radius 3 is 2.58 bits per heavy atom. The number of rotatable bonds is 2. The number of nitrogen functional groups attached to an aromatic ring is 2. The smallest absolute Gasteiger partial charge is 0.254 e. The van der Waals surface area contributed by atoms with Gasteiger partial charge in [-0.05, 0) is 6.07 Å². The molecule has 8 heteroatoms. The lowest BCUT2D eigenvalue weighted by atomic mass is 10.2. The van der Waals surface area contributed by atoms with Gasteiger partial charge in [0.15, 0.2) is 0 Å². The molecule has 19 heavy (non-hydrogen) atoms. The van der Waals surface area contributed by atoms with Gasteiger partial charge in [-0.3, -0.25) is 0 Å². The molecule has 0 saturated carbocycles. The van der Waals surface area contributed by atoms with E-state index in [1.54, 1.807) is 24.7 Å². The molecule has 3 heterocycles. The van der Waals surface area contributed by atoms with Crippen molar-refractivity contribution in [2.75, 3.05) is 11.5 Å². The summed E-state index contributed by atoms with van der Waals surface area (Å²) in [6, 6.07) is 3.27. The quantitative estimate of drug-likeness (QED) is 0.673. The van der Waals surface area contributed by atoms with Gasteiger partial charge >= 0.3 is 0 Å². The molecule has 0 aromatic carbocycles. The summed E-state index contributed by atoms with van der Waals surface area (Å²) in [4.78, 5) is 16.1. The number of hydrogen-bond donors (Lipinski definition) is 2. The minimum atomic E-state index is 0.293. The molecule has 3 aromatic heterocycles. The van der Waals surface area contributed by atoms with Crippen molar-refractivity contribution in [2.24, 2.45) is 0 Å². The van der Waals surface area contributed by atoms with Crippen molar-refractivity contribution in [1.82, 2.24) is 29.7 Å². The summed E-state index contributed by atoms with van der Waals surface area (Å²) in [7, 11) is 0. The van der Waals surface area contributed by atoms with E-state index in [9.17, 15) is 0 Å². The second-order valence-electron chi connectivity index (χ2n) is 3.79.